The lowest BCUT2D eigenvalue weighted by atomic mass is 9.96. The van der Waals surface area contributed by atoms with E-state index >= 15 is 0 Å². The van der Waals surface area contributed by atoms with E-state index in [1.807, 2.05) is 25.2 Å². The zero-order valence-electron chi connectivity index (χ0n) is 11.4. The highest BCUT2D eigenvalue weighted by molar-refractivity contribution is 7.84. The SMILES string of the molecule is CN1C(=O)CC(NCCCS(C)=O)c2ccccc21. The number of nitrogens with one attached hydrogen (secondary N) is 1. The fraction of sp³-hybridized carbons (Fsp3) is 0.500. The van der Waals surface area contributed by atoms with Crippen molar-refractivity contribution < 1.29 is 9.00 Å². The number of anilines is 1. The Bertz CT molecular complexity index is 490. The number of amides is 1. The summed E-state index contributed by atoms with van der Waals surface area (Å²) in [5.74, 6) is 0.838. The summed E-state index contributed by atoms with van der Waals surface area (Å²) in [6.07, 6.45) is 3.07. The summed E-state index contributed by atoms with van der Waals surface area (Å²) in [5, 5.41) is 3.40. The molecule has 2 atom stereocenters. The number of benzene rings is 1. The summed E-state index contributed by atoms with van der Waals surface area (Å²) in [6.45, 7) is 0.787. The highest BCUT2D eigenvalue weighted by atomic mass is 32.2. The van der Waals surface area contributed by atoms with Gasteiger partial charge in [-0.3, -0.25) is 9.00 Å². The van der Waals surface area contributed by atoms with Crippen LogP contribution >= 0.6 is 0 Å². The summed E-state index contributed by atoms with van der Waals surface area (Å²) in [5.41, 5.74) is 2.15. The second-order valence-corrected chi connectivity index (χ2v) is 6.41. The predicted molar refractivity (Wildman–Crippen MR) is 78.8 cm³/mol. The number of rotatable bonds is 5. The fourth-order valence-corrected chi connectivity index (χ4v) is 2.93. The first kappa shape index (κ1) is 14.2. The molecule has 104 valence electrons. The topological polar surface area (TPSA) is 49.4 Å². The molecular weight excluding hydrogens is 260 g/mol. The Morgan fingerprint density at radius 3 is 2.89 bits per heavy atom. The molecule has 2 rings (SSSR count). The lowest BCUT2D eigenvalue weighted by Gasteiger charge is -2.32. The van der Waals surface area contributed by atoms with E-state index in [2.05, 4.69) is 11.4 Å². The molecule has 1 aliphatic heterocycles. The van der Waals surface area contributed by atoms with Crippen molar-refractivity contribution >= 4 is 22.4 Å². The van der Waals surface area contributed by atoms with Gasteiger partial charge in [-0.25, -0.2) is 0 Å². The zero-order valence-corrected chi connectivity index (χ0v) is 12.2. The minimum absolute atomic E-state index is 0.0743. The van der Waals surface area contributed by atoms with Crippen molar-refractivity contribution in [2.75, 3.05) is 30.5 Å². The number of carbonyl (C=O) groups is 1. The molecule has 0 aromatic heterocycles. The molecule has 1 amide bonds. The maximum atomic E-state index is 11.9. The molecule has 1 N–H and O–H groups in total. The average molecular weight is 280 g/mol. The highest BCUT2D eigenvalue weighted by Gasteiger charge is 2.28. The van der Waals surface area contributed by atoms with Crippen molar-refractivity contribution in [2.24, 2.45) is 0 Å². The van der Waals surface area contributed by atoms with Gasteiger partial charge in [-0.2, -0.15) is 0 Å². The molecule has 1 heterocycles. The molecule has 1 aromatic carbocycles. The first-order chi connectivity index (χ1) is 9.09. The first-order valence-electron chi connectivity index (χ1n) is 6.48. The van der Waals surface area contributed by atoms with Crippen LogP contribution in [-0.2, 0) is 15.6 Å². The number of fused-ring (bicyclic) bond motifs is 1. The van der Waals surface area contributed by atoms with Gasteiger partial charge in [0.2, 0.25) is 5.91 Å². The second-order valence-electron chi connectivity index (χ2n) is 4.85. The minimum Gasteiger partial charge on any atom is -0.315 e. The minimum atomic E-state index is -0.745. The van der Waals surface area contributed by atoms with Crippen LogP contribution in [0.15, 0.2) is 24.3 Å². The number of para-hydroxylation sites is 1. The molecule has 2 unspecified atom stereocenters. The molecule has 5 heteroatoms. The van der Waals surface area contributed by atoms with E-state index < -0.39 is 10.8 Å². The molecule has 0 spiro atoms. The van der Waals surface area contributed by atoms with E-state index in [1.165, 1.54) is 5.56 Å². The van der Waals surface area contributed by atoms with E-state index in [-0.39, 0.29) is 11.9 Å². The van der Waals surface area contributed by atoms with Crippen LogP contribution in [0.4, 0.5) is 5.69 Å². The summed E-state index contributed by atoms with van der Waals surface area (Å²) in [4.78, 5) is 13.7. The van der Waals surface area contributed by atoms with Gasteiger partial charge in [0, 0.05) is 48.0 Å². The maximum absolute atomic E-state index is 11.9. The van der Waals surface area contributed by atoms with Crippen LogP contribution < -0.4 is 10.2 Å². The van der Waals surface area contributed by atoms with Crippen molar-refractivity contribution in [1.82, 2.24) is 5.32 Å². The van der Waals surface area contributed by atoms with Gasteiger partial charge in [0.05, 0.1) is 0 Å². The summed E-state index contributed by atoms with van der Waals surface area (Å²) < 4.78 is 11.0. The smallest absolute Gasteiger partial charge is 0.228 e. The van der Waals surface area contributed by atoms with Crippen LogP contribution in [0.25, 0.3) is 0 Å². The van der Waals surface area contributed by atoms with Gasteiger partial charge in [0.1, 0.15) is 0 Å². The number of nitrogens with zero attached hydrogens (tertiary/aromatic N) is 1. The van der Waals surface area contributed by atoms with Crippen molar-refractivity contribution in [3.8, 4) is 0 Å². The number of hydrogen-bond donors (Lipinski definition) is 1. The largest absolute Gasteiger partial charge is 0.315 e. The quantitative estimate of drug-likeness (QED) is 0.831. The standard InChI is InChI=1S/C14H20N2O2S/c1-16-13-7-4-3-6-11(13)12(10-14(16)17)15-8-5-9-19(2)18/h3-4,6-7,12,15H,5,8-10H2,1-2H3. The van der Waals surface area contributed by atoms with Crippen LogP contribution in [0, 0.1) is 0 Å². The van der Waals surface area contributed by atoms with Crippen LogP contribution in [0.1, 0.15) is 24.4 Å². The van der Waals surface area contributed by atoms with Crippen LogP contribution in [0.5, 0.6) is 0 Å². The Hall–Kier alpha value is -1.20. The number of hydrogen-bond acceptors (Lipinski definition) is 3. The first-order valence-corrected chi connectivity index (χ1v) is 8.21. The zero-order chi connectivity index (χ0) is 13.8. The van der Waals surface area contributed by atoms with Crippen LogP contribution in [0.3, 0.4) is 0 Å². The average Bonchev–Trinajstić information content (AvgIpc) is 2.40. The monoisotopic (exact) mass is 280 g/mol. The van der Waals surface area contributed by atoms with Gasteiger partial charge in [-0.05, 0) is 24.6 Å². The van der Waals surface area contributed by atoms with Gasteiger partial charge in [0.15, 0.2) is 0 Å². The summed E-state index contributed by atoms with van der Waals surface area (Å²) in [7, 11) is 1.07. The highest BCUT2D eigenvalue weighted by Crippen LogP contribution is 2.33. The Labute approximate surface area is 116 Å². The molecule has 0 fully saturated rings. The van der Waals surface area contributed by atoms with Crippen molar-refractivity contribution in [1.29, 1.82) is 0 Å². The molecular formula is C14H20N2O2S. The van der Waals surface area contributed by atoms with Gasteiger partial charge in [-0.1, -0.05) is 18.2 Å². The molecule has 0 radical (unpaired) electrons. The predicted octanol–water partition coefficient (Wildman–Crippen LogP) is 1.45. The molecule has 0 bridgehead atoms. The Kier molecular flexibility index (Phi) is 4.71. The third-order valence-corrected chi connectivity index (χ3v) is 4.29. The molecule has 0 aliphatic carbocycles. The lowest BCUT2D eigenvalue weighted by Crippen LogP contribution is -2.38. The van der Waals surface area contributed by atoms with Gasteiger partial charge < -0.3 is 10.2 Å². The molecule has 0 saturated heterocycles. The van der Waals surface area contributed by atoms with Crippen LogP contribution in [0.2, 0.25) is 0 Å². The number of carbonyl (C=O) groups excluding carboxylic acids is 1. The van der Waals surface area contributed by atoms with E-state index in [0.717, 1.165) is 18.7 Å². The van der Waals surface area contributed by atoms with Crippen molar-refractivity contribution in [3.05, 3.63) is 29.8 Å². The van der Waals surface area contributed by atoms with E-state index in [1.54, 1.807) is 11.2 Å². The Morgan fingerprint density at radius 2 is 2.16 bits per heavy atom. The second kappa shape index (κ2) is 6.30. The molecule has 4 nitrogen and oxygen atoms in total. The summed E-state index contributed by atoms with van der Waals surface area (Å²) in [6, 6.07) is 8.06. The van der Waals surface area contributed by atoms with Gasteiger partial charge in [0.25, 0.3) is 0 Å². The maximum Gasteiger partial charge on any atom is 0.228 e. The van der Waals surface area contributed by atoms with Crippen molar-refractivity contribution in [2.45, 2.75) is 18.9 Å². The fourth-order valence-electron chi connectivity index (χ4n) is 2.38. The van der Waals surface area contributed by atoms with Crippen LogP contribution in [-0.4, -0.2) is 35.7 Å². The van der Waals surface area contributed by atoms with Gasteiger partial charge in [-0.15, -0.1) is 0 Å². The molecule has 1 aromatic rings. The Balaban J connectivity index is 2.03. The molecule has 1 aliphatic rings. The van der Waals surface area contributed by atoms with E-state index in [0.29, 0.717) is 12.2 Å². The molecule has 19 heavy (non-hydrogen) atoms. The van der Waals surface area contributed by atoms with Crippen molar-refractivity contribution in [3.63, 3.8) is 0 Å². The van der Waals surface area contributed by atoms with E-state index in [9.17, 15) is 9.00 Å². The third kappa shape index (κ3) is 3.42. The van der Waals surface area contributed by atoms with E-state index in [4.69, 9.17) is 0 Å². The Morgan fingerprint density at radius 1 is 1.42 bits per heavy atom. The summed E-state index contributed by atoms with van der Waals surface area (Å²) >= 11 is 0. The third-order valence-electron chi connectivity index (χ3n) is 3.43. The molecule has 0 saturated carbocycles. The normalized spacial score (nSPS) is 20.2. The van der Waals surface area contributed by atoms with Gasteiger partial charge >= 0.3 is 0 Å². The lowest BCUT2D eigenvalue weighted by molar-refractivity contribution is -0.119.